The Bertz CT molecular complexity index is 293. The van der Waals surface area contributed by atoms with Gasteiger partial charge in [0.05, 0.1) is 5.02 Å². The van der Waals surface area contributed by atoms with Gasteiger partial charge in [-0.05, 0) is 34.2 Å². The number of halogens is 2. The Morgan fingerprint density at radius 2 is 2.29 bits per heavy atom. The SMILES string of the molecule is CCCCCSc1ncc(Br)cc1Cl. The molecule has 1 aromatic rings. The fourth-order valence-electron chi connectivity index (χ4n) is 1.03. The molecule has 0 aliphatic rings. The Morgan fingerprint density at radius 3 is 2.93 bits per heavy atom. The molecule has 0 spiro atoms. The van der Waals surface area contributed by atoms with Crippen LogP contribution in [0.25, 0.3) is 0 Å². The van der Waals surface area contributed by atoms with Crippen molar-refractivity contribution in [2.24, 2.45) is 0 Å². The van der Waals surface area contributed by atoms with Gasteiger partial charge in [-0.25, -0.2) is 4.98 Å². The molecule has 0 aliphatic carbocycles. The molecule has 0 saturated heterocycles. The van der Waals surface area contributed by atoms with Gasteiger partial charge in [-0.15, -0.1) is 11.8 Å². The van der Waals surface area contributed by atoms with E-state index in [2.05, 4.69) is 27.8 Å². The molecule has 0 atom stereocenters. The Kier molecular flexibility index (Phi) is 5.90. The lowest BCUT2D eigenvalue weighted by Gasteiger charge is -2.02. The van der Waals surface area contributed by atoms with E-state index in [4.69, 9.17) is 11.6 Å². The van der Waals surface area contributed by atoms with E-state index in [1.807, 2.05) is 6.07 Å². The Labute approximate surface area is 103 Å². The smallest absolute Gasteiger partial charge is 0.115 e. The van der Waals surface area contributed by atoms with Crippen LogP contribution >= 0.6 is 39.3 Å². The van der Waals surface area contributed by atoms with E-state index in [1.54, 1.807) is 18.0 Å². The highest BCUT2D eigenvalue weighted by atomic mass is 79.9. The number of rotatable bonds is 5. The minimum atomic E-state index is 0.737. The molecule has 1 heterocycles. The van der Waals surface area contributed by atoms with E-state index in [0.29, 0.717) is 0 Å². The first-order valence-corrected chi connectivity index (χ1v) is 6.83. The molecule has 0 fully saturated rings. The standard InChI is InChI=1S/C10H13BrClNS/c1-2-3-4-5-14-10-9(12)6-8(11)7-13-10/h6-7H,2-5H2,1H3. The Hall–Kier alpha value is 0.270. The second-order valence-electron chi connectivity index (χ2n) is 3.00. The van der Waals surface area contributed by atoms with E-state index >= 15 is 0 Å². The van der Waals surface area contributed by atoms with Crippen LogP contribution in [0, 0.1) is 0 Å². The van der Waals surface area contributed by atoms with Crippen LogP contribution in [0.5, 0.6) is 0 Å². The van der Waals surface area contributed by atoms with E-state index in [9.17, 15) is 0 Å². The summed E-state index contributed by atoms with van der Waals surface area (Å²) in [4.78, 5) is 4.26. The zero-order valence-corrected chi connectivity index (χ0v) is 11.3. The highest BCUT2D eigenvalue weighted by Gasteiger charge is 2.02. The van der Waals surface area contributed by atoms with Gasteiger partial charge in [0, 0.05) is 10.7 Å². The van der Waals surface area contributed by atoms with E-state index in [0.717, 1.165) is 20.3 Å². The molecule has 1 rings (SSSR count). The molecule has 78 valence electrons. The Morgan fingerprint density at radius 1 is 1.50 bits per heavy atom. The van der Waals surface area contributed by atoms with Gasteiger partial charge in [0.2, 0.25) is 0 Å². The van der Waals surface area contributed by atoms with Crippen molar-refractivity contribution in [2.45, 2.75) is 31.2 Å². The maximum absolute atomic E-state index is 6.03. The van der Waals surface area contributed by atoms with Crippen LogP contribution in [0.15, 0.2) is 21.8 Å². The van der Waals surface area contributed by atoms with Crippen LogP contribution < -0.4 is 0 Å². The maximum Gasteiger partial charge on any atom is 0.115 e. The predicted molar refractivity (Wildman–Crippen MR) is 67.2 cm³/mol. The molecule has 1 nitrogen and oxygen atoms in total. The molecule has 1 aromatic heterocycles. The van der Waals surface area contributed by atoms with E-state index < -0.39 is 0 Å². The summed E-state index contributed by atoms with van der Waals surface area (Å²) < 4.78 is 0.931. The maximum atomic E-state index is 6.03. The zero-order valence-electron chi connectivity index (χ0n) is 8.09. The van der Waals surface area contributed by atoms with Crippen LogP contribution in [-0.4, -0.2) is 10.7 Å². The number of pyridine rings is 1. The lowest BCUT2D eigenvalue weighted by Crippen LogP contribution is -1.85. The summed E-state index contributed by atoms with van der Waals surface area (Å²) in [6.07, 6.45) is 5.55. The quantitative estimate of drug-likeness (QED) is 0.572. The highest BCUT2D eigenvalue weighted by Crippen LogP contribution is 2.27. The van der Waals surface area contributed by atoms with Gasteiger partial charge in [-0.3, -0.25) is 0 Å². The van der Waals surface area contributed by atoms with Gasteiger partial charge in [-0.1, -0.05) is 31.4 Å². The molecule has 4 heteroatoms. The average Bonchev–Trinajstić information content (AvgIpc) is 2.15. The molecule has 0 aromatic carbocycles. The number of hydrogen-bond donors (Lipinski definition) is 0. The first kappa shape index (κ1) is 12.3. The van der Waals surface area contributed by atoms with Gasteiger partial charge < -0.3 is 0 Å². The Balaban J connectivity index is 2.42. The lowest BCUT2D eigenvalue weighted by molar-refractivity contribution is 0.778. The molecule has 0 amide bonds. The number of nitrogens with zero attached hydrogens (tertiary/aromatic N) is 1. The second kappa shape index (κ2) is 6.70. The summed E-state index contributed by atoms with van der Waals surface area (Å²) in [6, 6.07) is 1.89. The molecule has 0 N–H and O–H groups in total. The lowest BCUT2D eigenvalue weighted by atomic mass is 10.3. The van der Waals surface area contributed by atoms with Gasteiger partial charge in [0.15, 0.2) is 0 Å². The molecular weight excluding hydrogens is 282 g/mol. The van der Waals surface area contributed by atoms with Crippen LogP contribution in [-0.2, 0) is 0 Å². The third kappa shape index (κ3) is 4.20. The van der Waals surface area contributed by atoms with Crippen LogP contribution in [0.1, 0.15) is 26.2 Å². The fraction of sp³-hybridized carbons (Fsp3) is 0.500. The van der Waals surface area contributed by atoms with E-state index in [1.165, 1.54) is 19.3 Å². The van der Waals surface area contributed by atoms with Gasteiger partial charge in [-0.2, -0.15) is 0 Å². The second-order valence-corrected chi connectivity index (χ2v) is 5.40. The zero-order chi connectivity index (χ0) is 10.4. The molecule has 0 radical (unpaired) electrons. The normalized spacial score (nSPS) is 10.5. The summed E-state index contributed by atoms with van der Waals surface area (Å²) in [5.41, 5.74) is 0. The van der Waals surface area contributed by atoms with Crippen molar-refractivity contribution in [3.05, 3.63) is 21.8 Å². The molecule has 14 heavy (non-hydrogen) atoms. The van der Waals surface area contributed by atoms with Crippen molar-refractivity contribution < 1.29 is 0 Å². The third-order valence-corrected chi connectivity index (χ3v) is 3.69. The minimum Gasteiger partial charge on any atom is -0.247 e. The third-order valence-electron chi connectivity index (χ3n) is 1.76. The summed E-state index contributed by atoms with van der Waals surface area (Å²) in [5, 5.41) is 1.67. The van der Waals surface area contributed by atoms with Crippen LogP contribution in [0.3, 0.4) is 0 Å². The van der Waals surface area contributed by atoms with E-state index in [-0.39, 0.29) is 0 Å². The number of unbranched alkanes of at least 4 members (excludes halogenated alkanes) is 2. The summed E-state index contributed by atoms with van der Waals surface area (Å²) in [7, 11) is 0. The van der Waals surface area contributed by atoms with Crippen molar-refractivity contribution in [2.75, 3.05) is 5.75 Å². The van der Waals surface area contributed by atoms with Crippen molar-refractivity contribution in [1.29, 1.82) is 0 Å². The van der Waals surface area contributed by atoms with Gasteiger partial charge >= 0.3 is 0 Å². The average molecular weight is 295 g/mol. The molecule has 0 aliphatic heterocycles. The monoisotopic (exact) mass is 293 g/mol. The van der Waals surface area contributed by atoms with Crippen molar-refractivity contribution in [3.8, 4) is 0 Å². The van der Waals surface area contributed by atoms with Crippen LogP contribution in [0.2, 0.25) is 5.02 Å². The molecular formula is C10H13BrClNS. The first-order valence-electron chi connectivity index (χ1n) is 4.68. The minimum absolute atomic E-state index is 0.737. The summed E-state index contributed by atoms with van der Waals surface area (Å²) in [6.45, 7) is 2.20. The van der Waals surface area contributed by atoms with Gasteiger partial charge in [0.1, 0.15) is 5.03 Å². The van der Waals surface area contributed by atoms with Gasteiger partial charge in [0.25, 0.3) is 0 Å². The van der Waals surface area contributed by atoms with Crippen molar-refractivity contribution >= 4 is 39.3 Å². The number of aromatic nitrogens is 1. The predicted octanol–water partition coefficient (Wildman–Crippen LogP) is 4.78. The molecule has 0 unspecified atom stereocenters. The largest absolute Gasteiger partial charge is 0.247 e. The highest BCUT2D eigenvalue weighted by molar-refractivity contribution is 9.10. The molecule has 0 saturated carbocycles. The summed E-state index contributed by atoms with van der Waals surface area (Å²) >= 11 is 11.1. The van der Waals surface area contributed by atoms with Crippen LogP contribution in [0.4, 0.5) is 0 Å². The van der Waals surface area contributed by atoms with Crippen molar-refractivity contribution in [3.63, 3.8) is 0 Å². The number of hydrogen-bond acceptors (Lipinski definition) is 2. The van der Waals surface area contributed by atoms with Crippen molar-refractivity contribution in [1.82, 2.24) is 4.98 Å². The fourth-order valence-corrected chi connectivity index (χ4v) is 2.69. The topological polar surface area (TPSA) is 12.9 Å². The number of thioether (sulfide) groups is 1. The summed E-state index contributed by atoms with van der Waals surface area (Å²) in [5.74, 6) is 1.10. The molecule has 0 bridgehead atoms. The first-order chi connectivity index (χ1) is 6.74.